The first-order valence-electron chi connectivity index (χ1n) is 9.56. The van der Waals surface area contributed by atoms with Gasteiger partial charge in [-0.1, -0.05) is 35.9 Å². The summed E-state index contributed by atoms with van der Waals surface area (Å²) < 4.78 is 44.1. The molecule has 0 saturated carbocycles. The number of ether oxygens (including phenoxy) is 1. The van der Waals surface area contributed by atoms with Crippen LogP contribution in [0, 0.1) is 12.7 Å². The molecule has 0 amide bonds. The zero-order valence-electron chi connectivity index (χ0n) is 17.0. The van der Waals surface area contributed by atoms with E-state index in [9.17, 15) is 12.8 Å². The number of aryl methyl sites for hydroxylation is 1. The van der Waals surface area contributed by atoms with Gasteiger partial charge in [0.05, 0.1) is 15.5 Å². The zero-order chi connectivity index (χ0) is 22.0. The van der Waals surface area contributed by atoms with Crippen LogP contribution >= 0.6 is 11.3 Å². The lowest BCUT2D eigenvalue weighted by molar-refractivity contribution is 0.305. The largest absolute Gasteiger partial charge is 0.486 e. The van der Waals surface area contributed by atoms with Crippen LogP contribution in [0.3, 0.4) is 0 Å². The van der Waals surface area contributed by atoms with E-state index in [1.165, 1.54) is 29.7 Å². The maximum atomic E-state index is 13.5. The minimum Gasteiger partial charge on any atom is -0.486 e. The molecule has 0 N–H and O–H groups in total. The van der Waals surface area contributed by atoms with Crippen molar-refractivity contribution in [3.05, 3.63) is 89.2 Å². The molecule has 7 heteroatoms. The Hall–Kier alpha value is -3.03. The Kier molecular flexibility index (Phi) is 5.89. The Balaban J connectivity index is 1.78. The number of sulfone groups is 1. The summed E-state index contributed by atoms with van der Waals surface area (Å²) in [5, 5.41) is 0.693. The van der Waals surface area contributed by atoms with E-state index in [-0.39, 0.29) is 17.3 Å². The van der Waals surface area contributed by atoms with Crippen molar-refractivity contribution in [1.82, 2.24) is 4.98 Å². The highest BCUT2D eigenvalue weighted by Gasteiger charge is 2.21. The van der Waals surface area contributed by atoms with Crippen molar-refractivity contribution < 1.29 is 17.5 Å². The number of hydrogen-bond donors (Lipinski definition) is 0. The molecule has 0 aliphatic carbocycles. The Labute approximate surface area is 184 Å². The second-order valence-corrected chi connectivity index (χ2v) is 10.2. The van der Waals surface area contributed by atoms with E-state index < -0.39 is 9.84 Å². The van der Waals surface area contributed by atoms with Gasteiger partial charge in [0, 0.05) is 17.4 Å². The number of nitrogens with zero attached hydrogens (tertiary/aromatic N) is 1. The number of benzene rings is 3. The van der Waals surface area contributed by atoms with Crippen LogP contribution in [0.1, 0.15) is 10.6 Å². The van der Waals surface area contributed by atoms with Gasteiger partial charge >= 0.3 is 0 Å². The molecule has 0 spiro atoms. The van der Waals surface area contributed by atoms with Crippen LogP contribution in [0.2, 0.25) is 0 Å². The van der Waals surface area contributed by atoms with Crippen LogP contribution < -0.4 is 4.74 Å². The fraction of sp³-hybridized carbons (Fsp3) is 0.125. The smallest absolute Gasteiger partial charge is 0.176 e. The van der Waals surface area contributed by atoms with E-state index in [4.69, 9.17) is 9.72 Å². The van der Waals surface area contributed by atoms with Gasteiger partial charge in [0.2, 0.25) is 0 Å². The molecule has 0 bridgehead atoms. The molecule has 0 saturated heterocycles. The molecular formula is C24H20FNO3S2. The molecule has 0 radical (unpaired) electrons. The van der Waals surface area contributed by atoms with Gasteiger partial charge in [-0.25, -0.2) is 17.8 Å². The summed E-state index contributed by atoms with van der Waals surface area (Å²) in [6, 6.07) is 20.6. The third-order valence-corrected chi connectivity index (χ3v) is 6.92. The number of rotatable bonds is 6. The lowest BCUT2D eigenvalue weighted by Gasteiger charge is -2.08. The second-order valence-electron chi connectivity index (χ2n) is 7.16. The highest BCUT2D eigenvalue weighted by molar-refractivity contribution is 7.90. The maximum absolute atomic E-state index is 13.5. The third-order valence-electron chi connectivity index (χ3n) is 4.70. The number of thiazole rings is 1. The van der Waals surface area contributed by atoms with Crippen LogP contribution in [0.25, 0.3) is 21.7 Å². The molecule has 0 aliphatic heterocycles. The highest BCUT2D eigenvalue weighted by atomic mass is 32.2. The first-order valence-corrected chi connectivity index (χ1v) is 12.3. The molecule has 1 aromatic heterocycles. The summed E-state index contributed by atoms with van der Waals surface area (Å²) in [5.41, 5.74) is 3.02. The predicted octanol–water partition coefficient (Wildman–Crippen LogP) is 5.91. The summed E-state index contributed by atoms with van der Waals surface area (Å²) in [4.78, 5) is 5.65. The molecule has 0 unspecified atom stereocenters. The zero-order valence-corrected chi connectivity index (χ0v) is 18.6. The van der Waals surface area contributed by atoms with Crippen molar-refractivity contribution in [2.75, 3.05) is 6.26 Å². The topological polar surface area (TPSA) is 56.3 Å². The first kappa shape index (κ1) is 21.2. The monoisotopic (exact) mass is 453 g/mol. The van der Waals surface area contributed by atoms with Crippen molar-refractivity contribution in [2.24, 2.45) is 0 Å². The first-order chi connectivity index (χ1) is 14.8. The molecule has 158 valence electrons. The van der Waals surface area contributed by atoms with E-state index in [1.807, 2.05) is 31.2 Å². The summed E-state index contributed by atoms with van der Waals surface area (Å²) >= 11 is 1.37. The van der Waals surface area contributed by atoms with E-state index >= 15 is 0 Å². The van der Waals surface area contributed by atoms with Gasteiger partial charge in [-0.2, -0.15) is 0 Å². The van der Waals surface area contributed by atoms with Gasteiger partial charge in [0.15, 0.2) is 9.84 Å². The molecule has 0 fully saturated rings. The fourth-order valence-electron chi connectivity index (χ4n) is 3.17. The summed E-state index contributed by atoms with van der Waals surface area (Å²) in [7, 11) is -3.45. The molecule has 1 heterocycles. The van der Waals surface area contributed by atoms with E-state index in [1.54, 1.807) is 36.4 Å². The molecule has 31 heavy (non-hydrogen) atoms. The van der Waals surface area contributed by atoms with Gasteiger partial charge in [-0.3, -0.25) is 0 Å². The van der Waals surface area contributed by atoms with Gasteiger partial charge < -0.3 is 4.74 Å². The summed E-state index contributed by atoms with van der Waals surface area (Å²) in [6.45, 7) is 2.24. The number of aromatic nitrogens is 1. The van der Waals surface area contributed by atoms with E-state index in [2.05, 4.69) is 0 Å². The summed E-state index contributed by atoms with van der Waals surface area (Å²) in [6.07, 6.45) is 1.19. The predicted molar refractivity (Wildman–Crippen MR) is 122 cm³/mol. The Bertz CT molecular complexity index is 1310. The van der Waals surface area contributed by atoms with Crippen molar-refractivity contribution in [2.45, 2.75) is 18.4 Å². The average Bonchev–Trinajstić information content (AvgIpc) is 3.17. The Morgan fingerprint density at radius 3 is 2.32 bits per heavy atom. The van der Waals surface area contributed by atoms with Crippen molar-refractivity contribution >= 4 is 21.2 Å². The lowest BCUT2D eigenvalue weighted by atomic mass is 10.1. The number of halogens is 1. The van der Waals surface area contributed by atoms with Crippen LogP contribution in [-0.2, 0) is 16.4 Å². The molecule has 4 aromatic rings. The second kappa shape index (κ2) is 8.61. The SMILES string of the molecule is Cc1ccc(OCc2nc(-c3ccc(F)cc3)c(-c3ccccc3S(C)(=O)=O)s2)cc1. The highest BCUT2D eigenvalue weighted by Crippen LogP contribution is 2.40. The van der Waals surface area contributed by atoms with E-state index in [0.29, 0.717) is 26.7 Å². The molecule has 4 nitrogen and oxygen atoms in total. The maximum Gasteiger partial charge on any atom is 0.176 e. The minimum absolute atomic E-state index is 0.230. The fourth-order valence-corrected chi connectivity index (χ4v) is 5.17. The summed E-state index contributed by atoms with van der Waals surface area (Å²) in [5.74, 6) is 0.377. The van der Waals surface area contributed by atoms with E-state index in [0.717, 1.165) is 11.3 Å². The quantitative estimate of drug-likeness (QED) is 0.364. The van der Waals surface area contributed by atoms with Crippen molar-refractivity contribution in [1.29, 1.82) is 0 Å². The van der Waals surface area contributed by atoms with Crippen LogP contribution in [0.5, 0.6) is 5.75 Å². The Morgan fingerprint density at radius 2 is 1.65 bits per heavy atom. The van der Waals surface area contributed by atoms with Gasteiger partial charge in [-0.05, 0) is 49.4 Å². The van der Waals surface area contributed by atoms with Gasteiger partial charge in [0.25, 0.3) is 0 Å². The Morgan fingerprint density at radius 1 is 0.968 bits per heavy atom. The van der Waals surface area contributed by atoms with Gasteiger partial charge in [-0.15, -0.1) is 11.3 Å². The average molecular weight is 454 g/mol. The lowest BCUT2D eigenvalue weighted by Crippen LogP contribution is -1.99. The third kappa shape index (κ3) is 4.84. The van der Waals surface area contributed by atoms with Crippen LogP contribution in [-0.4, -0.2) is 19.7 Å². The molecular weight excluding hydrogens is 433 g/mol. The molecule has 3 aromatic carbocycles. The number of hydrogen-bond acceptors (Lipinski definition) is 5. The van der Waals surface area contributed by atoms with Gasteiger partial charge in [0.1, 0.15) is 23.2 Å². The normalized spacial score (nSPS) is 11.5. The van der Waals surface area contributed by atoms with Crippen molar-refractivity contribution in [3.63, 3.8) is 0 Å². The van der Waals surface area contributed by atoms with Crippen LogP contribution in [0.4, 0.5) is 4.39 Å². The molecule has 0 aliphatic rings. The molecule has 4 rings (SSSR count). The standard InChI is InChI=1S/C24H20FNO3S2/c1-16-7-13-19(14-8-16)29-15-22-26-23(17-9-11-18(25)12-10-17)24(30-22)20-5-3-4-6-21(20)31(2,27)28/h3-14H,15H2,1-2H3. The van der Waals surface area contributed by atoms with Crippen molar-refractivity contribution in [3.8, 4) is 27.4 Å². The van der Waals surface area contributed by atoms with Crippen LogP contribution in [0.15, 0.2) is 77.7 Å². The minimum atomic E-state index is -3.45. The molecule has 0 atom stereocenters.